The van der Waals surface area contributed by atoms with E-state index in [1.54, 1.807) is 17.2 Å². The van der Waals surface area contributed by atoms with Gasteiger partial charge in [0.25, 0.3) is 0 Å². The Morgan fingerprint density at radius 2 is 2.15 bits per heavy atom. The molecule has 0 aliphatic carbocycles. The molecule has 0 radical (unpaired) electrons. The van der Waals surface area contributed by atoms with Gasteiger partial charge in [-0.2, -0.15) is 0 Å². The molecule has 9 heteroatoms. The number of hydrogen-bond acceptors (Lipinski definition) is 5. The lowest BCUT2D eigenvalue weighted by Gasteiger charge is -2.35. The average Bonchev–Trinajstić information content (AvgIpc) is 3.00. The number of amides is 1. The summed E-state index contributed by atoms with van der Waals surface area (Å²) in [5.74, 6) is 0. The maximum Gasteiger partial charge on any atom is 0.417 e. The molecule has 2 aromatic rings. The predicted molar refractivity (Wildman–Crippen MR) is 105 cm³/mol. The molecule has 1 amide bonds. The number of carboxylic acid groups (broad SMARTS) is 1. The number of nitrogens with zero attached hydrogens (tertiary/aromatic N) is 3. The van der Waals surface area contributed by atoms with E-state index in [-0.39, 0.29) is 12.1 Å². The predicted octanol–water partition coefficient (Wildman–Crippen LogP) is 4.14. The van der Waals surface area contributed by atoms with Crippen molar-refractivity contribution in [2.24, 2.45) is 0 Å². The van der Waals surface area contributed by atoms with Crippen molar-refractivity contribution in [1.82, 2.24) is 14.5 Å². The summed E-state index contributed by atoms with van der Waals surface area (Å²) in [6.07, 6.45) is 3.42. The monoisotopic (exact) mass is 438 g/mol. The molecule has 1 atom stereocenters. The van der Waals surface area contributed by atoms with Crippen LogP contribution in [0.4, 0.5) is 15.3 Å². The second kappa shape index (κ2) is 7.38. The minimum Gasteiger partial charge on any atom is -0.464 e. The Bertz CT molecular complexity index is 874. The number of nitrogens with one attached hydrogen (secondary N) is 1. The lowest BCUT2D eigenvalue weighted by atomic mass is 10.1. The maximum absolute atomic E-state index is 12.4. The van der Waals surface area contributed by atoms with Gasteiger partial charge in [-0.1, -0.05) is 0 Å². The van der Waals surface area contributed by atoms with Crippen LogP contribution in [0.5, 0.6) is 0 Å². The maximum atomic E-state index is 12.4. The molecule has 146 valence electrons. The second-order valence-electron chi connectivity index (χ2n) is 7.60. The van der Waals surface area contributed by atoms with Crippen LogP contribution in [0.15, 0.2) is 22.9 Å². The quantitative estimate of drug-likeness (QED) is 0.731. The van der Waals surface area contributed by atoms with Gasteiger partial charge in [0, 0.05) is 36.9 Å². The number of rotatable bonds is 2. The zero-order chi connectivity index (χ0) is 19.8. The summed E-state index contributed by atoms with van der Waals surface area (Å²) in [6, 6.07) is 1.75. The molecule has 0 aromatic carbocycles. The van der Waals surface area contributed by atoms with Crippen LogP contribution in [0.2, 0.25) is 0 Å². The smallest absolute Gasteiger partial charge is 0.417 e. The van der Waals surface area contributed by atoms with Crippen LogP contribution in [0.1, 0.15) is 33.6 Å². The minimum absolute atomic E-state index is 0.0290. The largest absolute Gasteiger partial charge is 0.464 e. The summed E-state index contributed by atoms with van der Waals surface area (Å²) in [5, 5.41) is 13.4. The van der Waals surface area contributed by atoms with E-state index in [9.17, 15) is 14.7 Å². The number of halogens is 1. The highest BCUT2D eigenvalue weighted by Crippen LogP contribution is 2.32. The summed E-state index contributed by atoms with van der Waals surface area (Å²) in [6.45, 7) is 6.73. The molecular formula is C18H23BrN4O4. The molecule has 3 heterocycles. The van der Waals surface area contributed by atoms with Crippen molar-refractivity contribution in [3.8, 4) is 0 Å². The molecule has 27 heavy (non-hydrogen) atoms. The Labute approximate surface area is 165 Å². The van der Waals surface area contributed by atoms with Gasteiger partial charge < -0.3 is 20.1 Å². The second-order valence-corrected chi connectivity index (χ2v) is 8.45. The lowest BCUT2D eigenvalue weighted by molar-refractivity contribution is 0.0206. The third kappa shape index (κ3) is 4.35. The van der Waals surface area contributed by atoms with Crippen LogP contribution in [-0.4, -0.2) is 56.5 Å². The van der Waals surface area contributed by atoms with E-state index in [1.807, 2.05) is 20.8 Å². The first-order valence-electron chi connectivity index (χ1n) is 8.79. The van der Waals surface area contributed by atoms with Crippen molar-refractivity contribution in [2.75, 3.05) is 18.4 Å². The van der Waals surface area contributed by atoms with Crippen LogP contribution >= 0.6 is 15.9 Å². The van der Waals surface area contributed by atoms with Gasteiger partial charge in [-0.25, -0.2) is 19.1 Å². The average molecular weight is 439 g/mol. The number of fused-ring (bicyclic) bond motifs is 1. The van der Waals surface area contributed by atoms with Crippen LogP contribution in [-0.2, 0) is 4.74 Å². The highest BCUT2D eigenvalue weighted by atomic mass is 79.9. The number of carbonyl (C=O) groups excluding carboxylic acids is 1. The Kier molecular flexibility index (Phi) is 5.32. The zero-order valence-electron chi connectivity index (χ0n) is 15.5. The Morgan fingerprint density at radius 3 is 2.81 bits per heavy atom. The van der Waals surface area contributed by atoms with Crippen LogP contribution in [0, 0.1) is 0 Å². The summed E-state index contributed by atoms with van der Waals surface area (Å²) in [7, 11) is 0. The molecule has 1 saturated heterocycles. The van der Waals surface area contributed by atoms with Gasteiger partial charge in [0.05, 0.1) is 10.2 Å². The summed E-state index contributed by atoms with van der Waals surface area (Å²) >= 11 is 3.49. The summed E-state index contributed by atoms with van der Waals surface area (Å²) in [4.78, 5) is 29.6. The molecule has 0 saturated carbocycles. The standard InChI is InChI=1S/C18H23BrN4O4/c1-18(2,3)27-17(26)22-7-4-5-11(10-22)21-14-12-6-8-23(16(24)25)15(12)20-9-13(14)19/h6,8-9,11H,4-5,7,10H2,1-3H3,(H,20,21)(H,24,25). The van der Waals surface area contributed by atoms with E-state index in [4.69, 9.17) is 4.74 Å². The molecule has 3 rings (SSSR count). The van der Waals surface area contributed by atoms with E-state index in [0.29, 0.717) is 24.1 Å². The molecule has 1 aliphatic heterocycles. The SMILES string of the molecule is CC(C)(C)OC(=O)N1CCCC(Nc2c(Br)cnc3c2ccn3C(=O)O)C1. The van der Waals surface area contributed by atoms with Gasteiger partial charge >= 0.3 is 12.2 Å². The molecule has 1 aliphatic rings. The molecule has 2 N–H and O–H groups in total. The van der Waals surface area contributed by atoms with Gasteiger partial charge in [0.1, 0.15) is 5.60 Å². The first kappa shape index (κ1) is 19.5. The number of piperidine rings is 1. The number of anilines is 1. The Balaban J connectivity index is 1.80. The van der Waals surface area contributed by atoms with Crippen molar-refractivity contribution < 1.29 is 19.4 Å². The minimum atomic E-state index is -1.08. The van der Waals surface area contributed by atoms with Crippen LogP contribution < -0.4 is 5.32 Å². The third-order valence-corrected chi connectivity index (χ3v) is 4.90. The topological polar surface area (TPSA) is 96.7 Å². The molecule has 1 unspecified atom stereocenters. The highest BCUT2D eigenvalue weighted by Gasteiger charge is 2.28. The number of hydrogen-bond donors (Lipinski definition) is 2. The number of aromatic nitrogens is 2. The van der Waals surface area contributed by atoms with Gasteiger partial charge in [0.2, 0.25) is 0 Å². The number of ether oxygens (including phenoxy) is 1. The Hall–Kier alpha value is -2.29. The van der Waals surface area contributed by atoms with Crippen molar-refractivity contribution in [3.05, 3.63) is 22.9 Å². The molecule has 0 spiro atoms. The highest BCUT2D eigenvalue weighted by molar-refractivity contribution is 9.10. The molecule has 8 nitrogen and oxygen atoms in total. The normalized spacial score (nSPS) is 17.8. The number of pyridine rings is 1. The van der Waals surface area contributed by atoms with E-state index in [2.05, 4.69) is 26.2 Å². The third-order valence-electron chi connectivity index (χ3n) is 4.30. The van der Waals surface area contributed by atoms with E-state index < -0.39 is 11.7 Å². The van der Waals surface area contributed by atoms with Gasteiger partial charge in [0.15, 0.2) is 5.65 Å². The lowest BCUT2D eigenvalue weighted by Crippen LogP contribution is -2.47. The van der Waals surface area contributed by atoms with E-state index >= 15 is 0 Å². The molecule has 0 bridgehead atoms. The summed E-state index contributed by atoms with van der Waals surface area (Å²) < 4.78 is 7.30. The fraction of sp³-hybridized carbons (Fsp3) is 0.500. The molecule has 1 fully saturated rings. The number of carbonyl (C=O) groups is 2. The zero-order valence-corrected chi connectivity index (χ0v) is 17.1. The van der Waals surface area contributed by atoms with E-state index in [0.717, 1.165) is 27.6 Å². The Morgan fingerprint density at radius 1 is 1.41 bits per heavy atom. The summed E-state index contributed by atoms with van der Waals surface area (Å²) in [5.41, 5.74) is 0.612. The number of likely N-dealkylation sites (tertiary alicyclic amines) is 1. The fourth-order valence-corrected chi connectivity index (χ4v) is 3.58. The van der Waals surface area contributed by atoms with Gasteiger partial charge in [-0.05, 0) is 55.6 Å². The van der Waals surface area contributed by atoms with Gasteiger partial charge in [-0.3, -0.25) is 0 Å². The van der Waals surface area contributed by atoms with Crippen molar-refractivity contribution >= 4 is 44.8 Å². The van der Waals surface area contributed by atoms with Crippen molar-refractivity contribution in [1.29, 1.82) is 0 Å². The van der Waals surface area contributed by atoms with Gasteiger partial charge in [-0.15, -0.1) is 0 Å². The van der Waals surface area contributed by atoms with E-state index in [1.165, 1.54) is 6.20 Å². The van der Waals surface area contributed by atoms with Crippen molar-refractivity contribution in [3.63, 3.8) is 0 Å². The van der Waals surface area contributed by atoms with Crippen LogP contribution in [0.3, 0.4) is 0 Å². The van der Waals surface area contributed by atoms with Crippen LogP contribution in [0.25, 0.3) is 11.0 Å². The first-order chi connectivity index (χ1) is 12.7. The molecular weight excluding hydrogens is 416 g/mol. The molecule has 2 aromatic heterocycles. The van der Waals surface area contributed by atoms with Crippen molar-refractivity contribution in [2.45, 2.75) is 45.3 Å². The first-order valence-corrected chi connectivity index (χ1v) is 9.58. The fourth-order valence-electron chi connectivity index (χ4n) is 3.15.